The molecule has 0 radical (unpaired) electrons. The lowest BCUT2D eigenvalue weighted by Crippen LogP contribution is -2.48. The molecule has 0 spiro atoms. The van der Waals surface area contributed by atoms with E-state index in [9.17, 15) is 9.90 Å². The number of rotatable bonds is 5. The zero-order valence-electron chi connectivity index (χ0n) is 13.7. The maximum absolute atomic E-state index is 11.8. The Balaban J connectivity index is 1.90. The van der Waals surface area contributed by atoms with Crippen LogP contribution in [0.15, 0.2) is 37.2 Å². The van der Waals surface area contributed by atoms with Crippen molar-refractivity contribution < 1.29 is 9.90 Å². The third-order valence-corrected chi connectivity index (χ3v) is 4.57. The number of nitrogens with zero attached hydrogens (tertiary/aromatic N) is 5. The molecule has 7 nitrogen and oxygen atoms in total. The molecule has 1 N–H and O–H groups in total. The Kier molecular flexibility index (Phi) is 4.33. The second-order valence-electron chi connectivity index (χ2n) is 6.19. The number of hydrogen-bond acceptors (Lipinski definition) is 5. The summed E-state index contributed by atoms with van der Waals surface area (Å²) in [5, 5.41) is 13.9. The van der Waals surface area contributed by atoms with Crippen LogP contribution >= 0.6 is 0 Å². The van der Waals surface area contributed by atoms with Gasteiger partial charge in [-0.15, -0.1) is 6.58 Å². The molecule has 3 rings (SSSR count). The molecule has 0 saturated carbocycles. The number of allylic oxidation sites excluding steroid dienone is 1. The van der Waals surface area contributed by atoms with Crippen LogP contribution in [0.2, 0.25) is 0 Å². The number of aliphatic carboxylic acids is 1. The van der Waals surface area contributed by atoms with Gasteiger partial charge in [-0.05, 0) is 31.4 Å². The van der Waals surface area contributed by atoms with E-state index in [2.05, 4.69) is 21.6 Å². The average molecular weight is 327 g/mol. The normalized spacial score (nSPS) is 20.8. The van der Waals surface area contributed by atoms with Gasteiger partial charge in [0.2, 0.25) is 5.95 Å². The van der Waals surface area contributed by atoms with Crippen molar-refractivity contribution in [1.82, 2.24) is 19.7 Å². The minimum Gasteiger partial charge on any atom is -0.481 e. The van der Waals surface area contributed by atoms with Gasteiger partial charge in [0.15, 0.2) is 0 Å². The predicted molar refractivity (Wildman–Crippen MR) is 90.6 cm³/mol. The molecule has 1 aliphatic rings. The Morgan fingerprint density at radius 1 is 1.46 bits per heavy atom. The predicted octanol–water partition coefficient (Wildman–Crippen LogP) is 2.12. The minimum absolute atomic E-state index is 0.392. The zero-order chi connectivity index (χ0) is 17.2. The van der Waals surface area contributed by atoms with Gasteiger partial charge in [-0.1, -0.05) is 6.08 Å². The van der Waals surface area contributed by atoms with Gasteiger partial charge in [0, 0.05) is 32.5 Å². The number of hydrogen-bond donors (Lipinski definition) is 1. The first-order valence-corrected chi connectivity index (χ1v) is 7.96. The van der Waals surface area contributed by atoms with Crippen LogP contribution in [-0.2, 0) is 11.8 Å². The topological polar surface area (TPSA) is 84.1 Å². The van der Waals surface area contributed by atoms with E-state index in [4.69, 9.17) is 0 Å². The summed E-state index contributed by atoms with van der Waals surface area (Å²) in [6.07, 6.45) is 6.99. The van der Waals surface area contributed by atoms with Gasteiger partial charge in [-0.25, -0.2) is 9.97 Å². The Labute approximate surface area is 140 Å². The fourth-order valence-electron chi connectivity index (χ4n) is 3.28. The Bertz CT molecular complexity index is 757. The summed E-state index contributed by atoms with van der Waals surface area (Å²) in [4.78, 5) is 22.7. The van der Waals surface area contributed by atoms with Crippen molar-refractivity contribution in [2.75, 3.05) is 18.0 Å². The smallest absolute Gasteiger partial charge is 0.311 e. The molecular formula is C17H21N5O2. The third kappa shape index (κ3) is 2.89. The number of carbonyl (C=O) groups is 1. The molecule has 24 heavy (non-hydrogen) atoms. The Morgan fingerprint density at radius 2 is 2.29 bits per heavy atom. The standard InChI is InChI=1S/C17H21N5O2/c1-3-7-17(15(23)24)8-4-11-22(12-17)16-18-9-5-13(20-16)14-6-10-19-21(14)2/h3,5-6,9-10H,1,4,7-8,11-12H2,2H3,(H,23,24). The van der Waals surface area contributed by atoms with Gasteiger partial charge < -0.3 is 10.0 Å². The summed E-state index contributed by atoms with van der Waals surface area (Å²) in [5.41, 5.74) is 0.854. The lowest BCUT2D eigenvalue weighted by molar-refractivity contribution is -0.149. The van der Waals surface area contributed by atoms with Gasteiger partial charge >= 0.3 is 5.97 Å². The monoisotopic (exact) mass is 327 g/mol. The third-order valence-electron chi connectivity index (χ3n) is 4.57. The van der Waals surface area contributed by atoms with Crippen LogP contribution in [0.3, 0.4) is 0 Å². The second-order valence-corrected chi connectivity index (χ2v) is 6.19. The van der Waals surface area contributed by atoms with Gasteiger partial charge in [-0.3, -0.25) is 9.48 Å². The van der Waals surface area contributed by atoms with Gasteiger partial charge in [-0.2, -0.15) is 5.10 Å². The number of piperidine rings is 1. The fourth-order valence-corrected chi connectivity index (χ4v) is 3.28. The van der Waals surface area contributed by atoms with Crippen LogP contribution in [0.25, 0.3) is 11.4 Å². The van der Waals surface area contributed by atoms with Crippen molar-refractivity contribution in [3.05, 3.63) is 37.2 Å². The van der Waals surface area contributed by atoms with Crippen molar-refractivity contribution in [3.8, 4) is 11.4 Å². The Hall–Kier alpha value is -2.70. The van der Waals surface area contributed by atoms with E-state index in [0.717, 1.165) is 24.4 Å². The van der Waals surface area contributed by atoms with E-state index in [-0.39, 0.29) is 0 Å². The van der Waals surface area contributed by atoms with Gasteiger partial charge in [0.05, 0.1) is 16.8 Å². The molecular weight excluding hydrogens is 306 g/mol. The van der Waals surface area contributed by atoms with Crippen molar-refractivity contribution in [1.29, 1.82) is 0 Å². The number of aryl methyl sites for hydroxylation is 1. The van der Waals surface area contributed by atoms with E-state index < -0.39 is 11.4 Å². The van der Waals surface area contributed by atoms with E-state index >= 15 is 0 Å². The average Bonchev–Trinajstić information content (AvgIpc) is 3.01. The van der Waals surface area contributed by atoms with Crippen molar-refractivity contribution in [3.63, 3.8) is 0 Å². The van der Waals surface area contributed by atoms with Crippen molar-refractivity contribution in [2.24, 2.45) is 12.5 Å². The lowest BCUT2D eigenvalue weighted by Gasteiger charge is -2.39. The maximum atomic E-state index is 11.8. The first-order chi connectivity index (χ1) is 11.6. The molecule has 1 fully saturated rings. The molecule has 3 heterocycles. The van der Waals surface area contributed by atoms with Crippen LogP contribution in [0, 0.1) is 5.41 Å². The summed E-state index contributed by atoms with van der Waals surface area (Å²) >= 11 is 0. The maximum Gasteiger partial charge on any atom is 0.311 e. The Morgan fingerprint density at radius 3 is 2.96 bits per heavy atom. The molecule has 7 heteroatoms. The highest BCUT2D eigenvalue weighted by Crippen LogP contribution is 2.35. The molecule has 1 aliphatic heterocycles. The highest BCUT2D eigenvalue weighted by Gasteiger charge is 2.42. The molecule has 0 amide bonds. The SMILES string of the molecule is C=CCC1(C(=O)O)CCCN(c2nccc(-c3ccnn3C)n2)C1. The van der Waals surface area contributed by atoms with Crippen molar-refractivity contribution >= 4 is 11.9 Å². The number of carboxylic acid groups (broad SMARTS) is 1. The van der Waals surface area contributed by atoms with Crippen LogP contribution < -0.4 is 4.90 Å². The van der Waals surface area contributed by atoms with Gasteiger partial charge in [0.1, 0.15) is 0 Å². The van der Waals surface area contributed by atoms with E-state index in [1.165, 1.54) is 0 Å². The van der Waals surface area contributed by atoms with Crippen LogP contribution in [0.5, 0.6) is 0 Å². The lowest BCUT2D eigenvalue weighted by atomic mass is 9.77. The highest BCUT2D eigenvalue weighted by atomic mass is 16.4. The number of aromatic nitrogens is 4. The molecule has 2 aromatic rings. The molecule has 2 aromatic heterocycles. The summed E-state index contributed by atoms with van der Waals surface area (Å²) in [7, 11) is 1.86. The summed E-state index contributed by atoms with van der Waals surface area (Å²) in [6, 6.07) is 3.72. The fraction of sp³-hybridized carbons (Fsp3) is 0.412. The van der Waals surface area contributed by atoms with Crippen LogP contribution in [0.1, 0.15) is 19.3 Å². The molecule has 0 aromatic carbocycles. The van der Waals surface area contributed by atoms with E-state index in [0.29, 0.717) is 25.3 Å². The first-order valence-electron chi connectivity index (χ1n) is 7.96. The first kappa shape index (κ1) is 16.2. The molecule has 1 unspecified atom stereocenters. The largest absolute Gasteiger partial charge is 0.481 e. The summed E-state index contributed by atoms with van der Waals surface area (Å²) < 4.78 is 1.75. The van der Waals surface area contributed by atoms with Crippen LogP contribution in [0.4, 0.5) is 5.95 Å². The molecule has 1 atom stereocenters. The van der Waals surface area contributed by atoms with E-state index in [1.807, 2.05) is 24.1 Å². The summed E-state index contributed by atoms with van der Waals surface area (Å²) in [5.74, 6) is -0.224. The van der Waals surface area contributed by atoms with Crippen LogP contribution in [-0.4, -0.2) is 43.9 Å². The number of carboxylic acids is 1. The number of anilines is 1. The highest BCUT2D eigenvalue weighted by molar-refractivity contribution is 5.76. The molecule has 126 valence electrons. The van der Waals surface area contributed by atoms with Crippen molar-refractivity contribution in [2.45, 2.75) is 19.3 Å². The van der Waals surface area contributed by atoms with Gasteiger partial charge in [0.25, 0.3) is 0 Å². The summed E-state index contributed by atoms with van der Waals surface area (Å²) in [6.45, 7) is 4.86. The molecule has 0 aliphatic carbocycles. The molecule has 0 bridgehead atoms. The second kappa shape index (κ2) is 6.43. The molecule has 1 saturated heterocycles. The quantitative estimate of drug-likeness (QED) is 0.847. The van der Waals surface area contributed by atoms with E-state index in [1.54, 1.807) is 23.2 Å². The minimum atomic E-state index is -0.814. The zero-order valence-corrected chi connectivity index (χ0v) is 13.7.